The summed E-state index contributed by atoms with van der Waals surface area (Å²) in [5, 5.41) is 0. The highest BCUT2D eigenvalue weighted by Gasteiger charge is 2.36. The number of hydrogen-bond acceptors (Lipinski definition) is 2. The molecule has 2 aliphatic rings. The highest BCUT2D eigenvalue weighted by Crippen LogP contribution is 2.41. The first kappa shape index (κ1) is 15.5. The Kier molecular flexibility index (Phi) is 4.40. The van der Waals surface area contributed by atoms with Crippen LogP contribution in [0.1, 0.15) is 37.3 Å². The molecule has 0 amide bonds. The minimum absolute atomic E-state index is 0.564. The largest absolute Gasteiger partial charge is 0.493 e. The number of nitrogens with zero attached hydrogens (tertiary/aromatic N) is 1. The fourth-order valence-corrected chi connectivity index (χ4v) is 4.17. The summed E-state index contributed by atoms with van der Waals surface area (Å²) >= 11 is 0. The van der Waals surface area contributed by atoms with Crippen molar-refractivity contribution in [3.63, 3.8) is 0 Å². The van der Waals surface area contributed by atoms with Crippen LogP contribution in [0.4, 0.5) is 0 Å². The smallest absolute Gasteiger partial charge is 0.126 e. The molecule has 2 heterocycles. The molecule has 2 unspecified atom stereocenters. The van der Waals surface area contributed by atoms with E-state index < -0.39 is 0 Å². The number of ether oxygens (including phenoxy) is 1. The van der Waals surface area contributed by atoms with Gasteiger partial charge >= 0.3 is 0 Å². The van der Waals surface area contributed by atoms with Gasteiger partial charge in [0.05, 0.1) is 6.61 Å². The summed E-state index contributed by atoms with van der Waals surface area (Å²) in [6.07, 6.45) is 6.20. The molecule has 0 aromatic heterocycles. The highest BCUT2D eigenvalue weighted by atomic mass is 16.5. The van der Waals surface area contributed by atoms with Crippen molar-refractivity contribution in [1.29, 1.82) is 0 Å². The lowest BCUT2D eigenvalue weighted by molar-refractivity contribution is 0.203. The van der Waals surface area contributed by atoms with Crippen LogP contribution < -0.4 is 4.74 Å². The van der Waals surface area contributed by atoms with Crippen LogP contribution in [0.15, 0.2) is 60.7 Å². The second kappa shape index (κ2) is 6.82. The summed E-state index contributed by atoms with van der Waals surface area (Å²) in [5.74, 6) is 1.03. The van der Waals surface area contributed by atoms with E-state index in [1.165, 1.54) is 29.5 Å². The van der Waals surface area contributed by atoms with Gasteiger partial charge < -0.3 is 4.74 Å². The zero-order valence-corrected chi connectivity index (χ0v) is 14.3. The molecule has 24 heavy (non-hydrogen) atoms. The fourth-order valence-electron chi connectivity index (χ4n) is 4.17. The van der Waals surface area contributed by atoms with Crippen LogP contribution in [0, 0.1) is 0 Å². The van der Waals surface area contributed by atoms with E-state index in [0.717, 1.165) is 25.3 Å². The third kappa shape index (κ3) is 2.99. The number of benzene rings is 2. The van der Waals surface area contributed by atoms with Crippen LogP contribution in [0.2, 0.25) is 0 Å². The van der Waals surface area contributed by atoms with Crippen LogP contribution in [0.5, 0.6) is 5.75 Å². The lowest BCUT2D eigenvalue weighted by Crippen LogP contribution is -2.37. The Hall–Kier alpha value is -2.06. The van der Waals surface area contributed by atoms with Crippen molar-refractivity contribution in [3.05, 3.63) is 71.8 Å². The Morgan fingerprint density at radius 1 is 1.00 bits per heavy atom. The molecular formula is C22H25NO. The van der Waals surface area contributed by atoms with Crippen molar-refractivity contribution >= 4 is 5.57 Å². The maximum Gasteiger partial charge on any atom is 0.126 e. The first-order valence-corrected chi connectivity index (χ1v) is 9.07. The van der Waals surface area contributed by atoms with E-state index in [0.29, 0.717) is 12.1 Å². The van der Waals surface area contributed by atoms with E-state index in [4.69, 9.17) is 4.74 Å². The SMILES string of the molecule is CCOc1ccccc1C1=CC2CCC(C1)N2Cc1ccccc1. The molecule has 4 rings (SSSR count). The highest BCUT2D eigenvalue weighted by molar-refractivity contribution is 5.72. The average Bonchev–Trinajstić information content (AvgIpc) is 2.85. The number of para-hydroxylation sites is 1. The monoisotopic (exact) mass is 319 g/mol. The molecule has 2 nitrogen and oxygen atoms in total. The fraction of sp³-hybridized carbons (Fsp3) is 0.364. The van der Waals surface area contributed by atoms with E-state index in [1.54, 1.807) is 0 Å². The molecule has 2 aliphatic heterocycles. The summed E-state index contributed by atoms with van der Waals surface area (Å²) in [4.78, 5) is 2.68. The minimum atomic E-state index is 0.564. The molecule has 2 heteroatoms. The second-order valence-corrected chi connectivity index (χ2v) is 6.78. The van der Waals surface area contributed by atoms with Crippen molar-refractivity contribution in [3.8, 4) is 5.75 Å². The van der Waals surface area contributed by atoms with Crippen LogP contribution in [0.3, 0.4) is 0 Å². The van der Waals surface area contributed by atoms with Gasteiger partial charge in [-0.05, 0) is 43.4 Å². The van der Waals surface area contributed by atoms with E-state index >= 15 is 0 Å². The third-order valence-electron chi connectivity index (χ3n) is 5.28. The Morgan fingerprint density at radius 3 is 2.58 bits per heavy atom. The van der Waals surface area contributed by atoms with Crippen molar-refractivity contribution in [1.82, 2.24) is 4.90 Å². The normalized spacial score (nSPS) is 23.1. The molecule has 2 atom stereocenters. The minimum Gasteiger partial charge on any atom is -0.493 e. The van der Waals surface area contributed by atoms with Crippen LogP contribution in [-0.2, 0) is 6.54 Å². The van der Waals surface area contributed by atoms with E-state index in [9.17, 15) is 0 Å². The van der Waals surface area contributed by atoms with Gasteiger partial charge in [-0.1, -0.05) is 54.6 Å². The Morgan fingerprint density at radius 2 is 1.79 bits per heavy atom. The lowest BCUT2D eigenvalue weighted by Gasteiger charge is -2.34. The quantitative estimate of drug-likeness (QED) is 0.777. The first-order chi connectivity index (χ1) is 11.8. The first-order valence-electron chi connectivity index (χ1n) is 9.07. The van der Waals surface area contributed by atoms with Gasteiger partial charge in [0.1, 0.15) is 5.75 Å². The van der Waals surface area contributed by atoms with Gasteiger partial charge in [0, 0.05) is 24.2 Å². The molecule has 0 radical (unpaired) electrons. The number of fused-ring (bicyclic) bond motifs is 2. The molecule has 2 bridgehead atoms. The lowest BCUT2D eigenvalue weighted by atomic mass is 9.93. The summed E-state index contributed by atoms with van der Waals surface area (Å²) in [6.45, 7) is 3.83. The molecule has 0 N–H and O–H groups in total. The Bertz CT molecular complexity index is 722. The standard InChI is InChI=1S/C22H25NO/c1-2-24-22-11-7-6-10-21(22)18-14-19-12-13-20(15-18)23(19)16-17-8-4-3-5-9-17/h3-11,14,19-20H,2,12-13,15-16H2,1H3. The number of rotatable bonds is 5. The van der Waals surface area contributed by atoms with Gasteiger partial charge in [0.15, 0.2) is 0 Å². The Balaban J connectivity index is 1.58. The van der Waals surface area contributed by atoms with E-state index in [-0.39, 0.29) is 0 Å². The van der Waals surface area contributed by atoms with Crippen molar-refractivity contribution in [2.75, 3.05) is 6.61 Å². The van der Waals surface area contributed by atoms with Crippen LogP contribution in [0.25, 0.3) is 5.57 Å². The van der Waals surface area contributed by atoms with Crippen LogP contribution in [-0.4, -0.2) is 23.6 Å². The zero-order valence-electron chi connectivity index (χ0n) is 14.3. The third-order valence-corrected chi connectivity index (χ3v) is 5.28. The molecule has 0 saturated carbocycles. The van der Waals surface area contributed by atoms with Gasteiger partial charge in [-0.2, -0.15) is 0 Å². The van der Waals surface area contributed by atoms with E-state index in [1.807, 2.05) is 0 Å². The maximum atomic E-state index is 5.85. The molecule has 1 saturated heterocycles. The Labute approximate surface area is 144 Å². The predicted octanol–water partition coefficient (Wildman–Crippen LogP) is 4.91. The number of hydrogen-bond donors (Lipinski definition) is 0. The maximum absolute atomic E-state index is 5.85. The molecular weight excluding hydrogens is 294 g/mol. The second-order valence-electron chi connectivity index (χ2n) is 6.78. The average molecular weight is 319 g/mol. The van der Waals surface area contributed by atoms with Gasteiger partial charge in [-0.25, -0.2) is 0 Å². The molecule has 2 aromatic carbocycles. The predicted molar refractivity (Wildman–Crippen MR) is 99.0 cm³/mol. The van der Waals surface area contributed by atoms with Gasteiger partial charge in [-0.15, -0.1) is 0 Å². The van der Waals surface area contributed by atoms with Crippen LogP contribution >= 0.6 is 0 Å². The molecule has 0 aliphatic carbocycles. The molecule has 2 aromatic rings. The molecule has 1 fully saturated rings. The van der Waals surface area contributed by atoms with Crippen molar-refractivity contribution < 1.29 is 4.74 Å². The van der Waals surface area contributed by atoms with Gasteiger partial charge in [-0.3, -0.25) is 4.90 Å². The van der Waals surface area contributed by atoms with Gasteiger partial charge in [0.25, 0.3) is 0 Å². The van der Waals surface area contributed by atoms with Crippen molar-refractivity contribution in [2.45, 2.75) is 44.8 Å². The molecule has 0 spiro atoms. The summed E-state index contributed by atoms with van der Waals surface area (Å²) in [5.41, 5.74) is 4.17. The van der Waals surface area contributed by atoms with Crippen molar-refractivity contribution in [2.24, 2.45) is 0 Å². The van der Waals surface area contributed by atoms with E-state index in [2.05, 4.69) is 72.5 Å². The topological polar surface area (TPSA) is 12.5 Å². The molecule has 124 valence electrons. The van der Waals surface area contributed by atoms with Gasteiger partial charge in [0.2, 0.25) is 0 Å². The summed E-state index contributed by atoms with van der Waals surface area (Å²) in [6, 6.07) is 20.6. The summed E-state index contributed by atoms with van der Waals surface area (Å²) in [7, 11) is 0. The zero-order chi connectivity index (χ0) is 16.4. The summed E-state index contributed by atoms with van der Waals surface area (Å²) < 4.78 is 5.85.